The second kappa shape index (κ2) is 6.50. The van der Waals surface area contributed by atoms with Gasteiger partial charge in [0.05, 0.1) is 17.3 Å². The first-order chi connectivity index (χ1) is 10.7. The maximum Gasteiger partial charge on any atom is 0.0994 e. The lowest BCUT2D eigenvalue weighted by Crippen LogP contribution is -1.96. The van der Waals surface area contributed by atoms with Crippen molar-refractivity contribution in [2.45, 2.75) is 6.42 Å². The van der Waals surface area contributed by atoms with Gasteiger partial charge in [-0.1, -0.05) is 28.1 Å². The lowest BCUT2D eigenvalue weighted by molar-refractivity contribution is 1.18. The highest BCUT2D eigenvalue weighted by molar-refractivity contribution is 9.10. The van der Waals surface area contributed by atoms with E-state index in [0.29, 0.717) is 5.56 Å². The van der Waals surface area contributed by atoms with Gasteiger partial charge in [0.15, 0.2) is 0 Å². The van der Waals surface area contributed by atoms with Crippen molar-refractivity contribution in [2.24, 2.45) is 0 Å². The molecule has 0 aliphatic rings. The quantitative estimate of drug-likeness (QED) is 0.696. The summed E-state index contributed by atoms with van der Waals surface area (Å²) in [5.41, 5.74) is 4.89. The molecule has 0 amide bonds. The van der Waals surface area contributed by atoms with Crippen LogP contribution in [-0.4, -0.2) is 4.98 Å². The van der Waals surface area contributed by atoms with Crippen molar-refractivity contribution in [1.82, 2.24) is 4.98 Å². The second-order valence-electron chi connectivity index (χ2n) is 5.01. The number of aromatic nitrogens is 1. The molecular weight excluding hydrogens is 338 g/mol. The Morgan fingerprint density at radius 2 is 1.86 bits per heavy atom. The average molecular weight is 352 g/mol. The third kappa shape index (κ3) is 3.38. The Balaban J connectivity index is 1.87. The number of H-pyrrole nitrogens is 1. The fourth-order valence-electron chi connectivity index (χ4n) is 2.32. The van der Waals surface area contributed by atoms with Gasteiger partial charge in [0.1, 0.15) is 0 Å². The van der Waals surface area contributed by atoms with E-state index in [1.165, 1.54) is 5.56 Å². The zero-order valence-corrected chi connectivity index (χ0v) is 13.4. The summed E-state index contributed by atoms with van der Waals surface area (Å²) < 4.78 is 1.06. The van der Waals surface area contributed by atoms with Crippen LogP contribution < -0.4 is 5.32 Å². The van der Waals surface area contributed by atoms with E-state index in [0.717, 1.165) is 27.8 Å². The van der Waals surface area contributed by atoms with Crippen molar-refractivity contribution in [1.29, 1.82) is 5.26 Å². The predicted molar refractivity (Wildman–Crippen MR) is 92.2 cm³/mol. The molecule has 3 nitrogen and oxygen atoms in total. The van der Waals surface area contributed by atoms with E-state index in [1.807, 2.05) is 48.8 Å². The van der Waals surface area contributed by atoms with Gasteiger partial charge >= 0.3 is 0 Å². The zero-order chi connectivity index (χ0) is 15.4. The molecule has 0 spiro atoms. The topological polar surface area (TPSA) is 51.6 Å². The number of halogens is 1. The van der Waals surface area contributed by atoms with E-state index in [-0.39, 0.29) is 0 Å². The molecule has 0 aliphatic carbocycles. The molecule has 0 unspecified atom stereocenters. The number of nitrogens with zero attached hydrogens (tertiary/aromatic N) is 1. The molecule has 0 saturated heterocycles. The zero-order valence-electron chi connectivity index (χ0n) is 11.8. The highest BCUT2D eigenvalue weighted by Gasteiger charge is 2.06. The Kier molecular flexibility index (Phi) is 4.27. The average Bonchev–Trinajstić information content (AvgIpc) is 3.03. The van der Waals surface area contributed by atoms with Crippen LogP contribution in [0.15, 0.2) is 65.4 Å². The maximum atomic E-state index is 9.31. The van der Waals surface area contributed by atoms with Gasteiger partial charge in [-0.2, -0.15) is 5.26 Å². The van der Waals surface area contributed by atoms with Crippen molar-refractivity contribution in [3.8, 4) is 6.07 Å². The summed E-state index contributed by atoms with van der Waals surface area (Å²) in [6.45, 7) is 0. The highest BCUT2D eigenvalue weighted by atomic mass is 79.9. The summed E-state index contributed by atoms with van der Waals surface area (Å²) in [7, 11) is 0. The van der Waals surface area contributed by atoms with Gasteiger partial charge in [-0.15, -0.1) is 0 Å². The van der Waals surface area contributed by atoms with Gasteiger partial charge in [-0.05, 0) is 53.9 Å². The summed E-state index contributed by atoms with van der Waals surface area (Å²) >= 11 is 3.44. The number of benzene rings is 2. The van der Waals surface area contributed by atoms with Gasteiger partial charge in [0, 0.05) is 22.6 Å². The molecule has 0 atom stereocenters. The Labute approximate surface area is 137 Å². The van der Waals surface area contributed by atoms with Crippen LogP contribution in [-0.2, 0) is 6.42 Å². The minimum absolute atomic E-state index is 0.711. The molecule has 2 aromatic carbocycles. The summed E-state index contributed by atoms with van der Waals surface area (Å²) in [5.74, 6) is 0. The molecule has 0 bridgehead atoms. The van der Waals surface area contributed by atoms with Crippen molar-refractivity contribution >= 4 is 27.3 Å². The fourth-order valence-corrected chi connectivity index (χ4v) is 2.58. The van der Waals surface area contributed by atoms with Gasteiger partial charge < -0.3 is 10.3 Å². The molecule has 0 aliphatic heterocycles. The predicted octanol–water partition coefficient (Wildman–Crippen LogP) is 4.98. The van der Waals surface area contributed by atoms with Gasteiger partial charge in [0.25, 0.3) is 0 Å². The van der Waals surface area contributed by atoms with E-state index in [4.69, 9.17) is 0 Å². The van der Waals surface area contributed by atoms with Crippen LogP contribution in [0.1, 0.15) is 16.7 Å². The Hall–Kier alpha value is -2.51. The Morgan fingerprint density at radius 3 is 2.55 bits per heavy atom. The van der Waals surface area contributed by atoms with Crippen molar-refractivity contribution < 1.29 is 0 Å². The molecular formula is C18H14BrN3. The third-order valence-corrected chi connectivity index (χ3v) is 3.95. The summed E-state index contributed by atoms with van der Waals surface area (Å²) in [6.07, 6.45) is 4.50. The number of nitrogens with one attached hydrogen (secondary N) is 2. The van der Waals surface area contributed by atoms with Crippen LogP contribution in [0.2, 0.25) is 0 Å². The summed E-state index contributed by atoms with van der Waals surface area (Å²) in [5, 5.41) is 12.6. The van der Waals surface area contributed by atoms with E-state index in [9.17, 15) is 5.26 Å². The molecule has 1 aromatic heterocycles. The van der Waals surface area contributed by atoms with Gasteiger partial charge in [-0.25, -0.2) is 0 Å². The van der Waals surface area contributed by atoms with E-state index in [2.05, 4.69) is 44.4 Å². The lowest BCUT2D eigenvalue weighted by atomic mass is 9.99. The lowest BCUT2D eigenvalue weighted by Gasteiger charge is -2.09. The normalized spacial score (nSPS) is 10.2. The molecule has 0 saturated carbocycles. The van der Waals surface area contributed by atoms with Crippen LogP contribution in [0.5, 0.6) is 0 Å². The van der Waals surface area contributed by atoms with Gasteiger partial charge in [-0.3, -0.25) is 0 Å². The number of nitriles is 1. The van der Waals surface area contributed by atoms with E-state index in [1.54, 1.807) is 0 Å². The molecule has 0 radical (unpaired) electrons. The van der Waals surface area contributed by atoms with E-state index >= 15 is 0 Å². The second-order valence-corrected chi connectivity index (χ2v) is 5.93. The minimum atomic E-state index is 0.711. The maximum absolute atomic E-state index is 9.31. The summed E-state index contributed by atoms with van der Waals surface area (Å²) in [6, 6.07) is 18.2. The van der Waals surface area contributed by atoms with Crippen LogP contribution >= 0.6 is 15.9 Å². The fraction of sp³-hybridized carbons (Fsp3) is 0.0556. The number of hydrogen-bond acceptors (Lipinski definition) is 2. The molecule has 3 rings (SSSR count). The first-order valence-electron chi connectivity index (χ1n) is 6.92. The minimum Gasteiger partial charge on any atom is -0.366 e. The third-order valence-electron chi connectivity index (χ3n) is 3.42. The number of aromatic amines is 1. The highest BCUT2D eigenvalue weighted by Crippen LogP contribution is 2.22. The Bertz CT molecular complexity index is 799. The largest absolute Gasteiger partial charge is 0.366 e. The monoisotopic (exact) mass is 351 g/mol. The molecule has 4 heteroatoms. The van der Waals surface area contributed by atoms with Crippen molar-refractivity contribution in [3.05, 3.63) is 82.1 Å². The first-order valence-corrected chi connectivity index (χ1v) is 7.71. The number of anilines is 2. The summed E-state index contributed by atoms with van der Waals surface area (Å²) in [4.78, 5) is 3.01. The molecule has 108 valence electrons. The van der Waals surface area contributed by atoms with E-state index < -0.39 is 0 Å². The van der Waals surface area contributed by atoms with Crippen LogP contribution in [0.25, 0.3) is 0 Å². The van der Waals surface area contributed by atoms with Gasteiger partial charge in [0.2, 0.25) is 0 Å². The number of hydrogen-bond donors (Lipinski definition) is 2. The first kappa shape index (κ1) is 14.4. The van der Waals surface area contributed by atoms with Crippen molar-refractivity contribution in [3.63, 3.8) is 0 Å². The molecule has 0 fully saturated rings. The van der Waals surface area contributed by atoms with Crippen LogP contribution in [0, 0.1) is 11.3 Å². The molecule has 1 heterocycles. The molecule has 2 N–H and O–H groups in total. The smallest absolute Gasteiger partial charge is 0.0994 e. The molecule has 3 aromatic rings. The van der Waals surface area contributed by atoms with Crippen LogP contribution in [0.4, 0.5) is 11.4 Å². The number of rotatable bonds is 4. The Morgan fingerprint density at radius 1 is 1.05 bits per heavy atom. The van der Waals surface area contributed by atoms with Crippen LogP contribution in [0.3, 0.4) is 0 Å². The SMILES string of the molecule is N#Cc1ccc(Nc2cc[nH]c2)cc1Cc1ccc(Br)cc1. The molecule has 22 heavy (non-hydrogen) atoms. The van der Waals surface area contributed by atoms with Crippen molar-refractivity contribution in [2.75, 3.05) is 5.32 Å². The standard InChI is InChI=1S/C18H14BrN3/c19-16-4-1-13(2-5-16)9-15-10-17(6-3-14(15)11-20)22-18-7-8-21-12-18/h1-8,10,12,21-22H,9H2.